The molecule has 5 N–H and O–H groups in total. The van der Waals surface area contributed by atoms with Gasteiger partial charge in [-0.3, -0.25) is 0 Å². The van der Waals surface area contributed by atoms with Crippen LogP contribution < -0.4 is 11.1 Å². The van der Waals surface area contributed by atoms with Crippen LogP contribution in [0.2, 0.25) is 0 Å². The van der Waals surface area contributed by atoms with E-state index >= 15 is 0 Å². The molecule has 1 aliphatic carbocycles. The summed E-state index contributed by atoms with van der Waals surface area (Å²) in [5.41, 5.74) is 8.29. The van der Waals surface area contributed by atoms with Gasteiger partial charge in [-0.2, -0.15) is 0 Å². The van der Waals surface area contributed by atoms with Gasteiger partial charge in [0.2, 0.25) is 5.95 Å². The highest BCUT2D eigenvalue weighted by atomic mass is 16.3. The highest BCUT2D eigenvalue weighted by Gasteiger charge is 2.24. The number of aromatic nitrogens is 2. The zero-order chi connectivity index (χ0) is 12.5. The topological polar surface area (TPSA) is 87.0 Å². The second-order valence-electron chi connectivity index (χ2n) is 5.00. The van der Waals surface area contributed by atoms with Crippen molar-refractivity contribution in [2.45, 2.75) is 25.4 Å². The van der Waals surface area contributed by atoms with Gasteiger partial charge in [0.25, 0.3) is 0 Å². The molecule has 1 fully saturated rings. The van der Waals surface area contributed by atoms with E-state index in [1.807, 2.05) is 18.2 Å². The molecule has 2 unspecified atom stereocenters. The first-order chi connectivity index (χ1) is 8.72. The summed E-state index contributed by atoms with van der Waals surface area (Å²) in [5, 5.41) is 13.0. The van der Waals surface area contributed by atoms with E-state index in [0.29, 0.717) is 5.92 Å². The van der Waals surface area contributed by atoms with Crippen LogP contribution in [0.1, 0.15) is 19.3 Å². The van der Waals surface area contributed by atoms with Gasteiger partial charge in [0, 0.05) is 18.2 Å². The molecule has 96 valence electrons. The Balaban J connectivity index is 1.71. The van der Waals surface area contributed by atoms with Gasteiger partial charge in [-0.05, 0) is 31.0 Å². The van der Waals surface area contributed by atoms with Crippen LogP contribution in [0.3, 0.4) is 0 Å². The predicted molar refractivity (Wildman–Crippen MR) is 72.3 cm³/mol. The minimum absolute atomic E-state index is 0.169. The van der Waals surface area contributed by atoms with Crippen molar-refractivity contribution < 1.29 is 5.11 Å². The Morgan fingerprint density at radius 3 is 3.11 bits per heavy atom. The molecule has 5 nitrogen and oxygen atoms in total. The molecule has 0 aliphatic heterocycles. The summed E-state index contributed by atoms with van der Waals surface area (Å²) in [4.78, 5) is 7.63. The molecule has 5 heteroatoms. The average Bonchev–Trinajstić information content (AvgIpc) is 2.92. The highest BCUT2D eigenvalue weighted by Crippen LogP contribution is 2.25. The lowest BCUT2D eigenvalue weighted by atomic mass is 10.1. The molecule has 0 amide bonds. The van der Waals surface area contributed by atoms with Crippen molar-refractivity contribution in [1.29, 1.82) is 0 Å². The van der Waals surface area contributed by atoms with Crippen LogP contribution in [0, 0.1) is 5.92 Å². The molecule has 0 spiro atoms. The van der Waals surface area contributed by atoms with Gasteiger partial charge in [0.05, 0.1) is 17.1 Å². The molecule has 1 heterocycles. The Hall–Kier alpha value is -1.75. The summed E-state index contributed by atoms with van der Waals surface area (Å²) in [6, 6.07) is 5.61. The molecule has 0 saturated heterocycles. The minimum Gasteiger partial charge on any atom is -0.399 e. The van der Waals surface area contributed by atoms with Crippen molar-refractivity contribution in [1.82, 2.24) is 9.97 Å². The van der Waals surface area contributed by atoms with Crippen LogP contribution in [0.25, 0.3) is 11.0 Å². The van der Waals surface area contributed by atoms with E-state index in [4.69, 9.17) is 5.73 Å². The molecule has 3 rings (SSSR count). The SMILES string of the molecule is Nc1ccc2nc(NCC3CCCC3O)[nH]c2c1. The largest absolute Gasteiger partial charge is 0.399 e. The normalized spacial score (nSPS) is 23.6. The Labute approximate surface area is 105 Å². The second kappa shape index (κ2) is 4.49. The van der Waals surface area contributed by atoms with Crippen molar-refractivity contribution in [2.24, 2.45) is 5.92 Å². The van der Waals surface area contributed by atoms with Crippen LogP contribution in [-0.4, -0.2) is 27.7 Å². The molecule has 2 atom stereocenters. The summed E-state index contributed by atoms with van der Waals surface area (Å²) in [5.74, 6) is 1.08. The summed E-state index contributed by atoms with van der Waals surface area (Å²) < 4.78 is 0. The number of nitrogens with one attached hydrogen (secondary N) is 2. The Bertz CT molecular complexity index is 551. The quantitative estimate of drug-likeness (QED) is 0.621. The molecular weight excluding hydrogens is 228 g/mol. The first-order valence-corrected chi connectivity index (χ1v) is 6.39. The molecule has 18 heavy (non-hydrogen) atoms. The van der Waals surface area contributed by atoms with Gasteiger partial charge in [0.1, 0.15) is 0 Å². The standard InChI is InChI=1S/C13H18N4O/c14-9-4-5-10-11(6-9)17-13(16-10)15-7-8-2-1-3-12(8)18/h4-6,8,12,18H,1-3,7,14H2,(H2,15,16,17). The van der Waals surface area contributed by atoms with Crippen LogP contribution in [0.5, 0.6) is 0 Å². The maximum absolute atomic E-state index is 9.76. The fraction of sp³-hybridized carbons (Fsp3) is 0.462. The first-order valence-electron chi connectivity index (χ1n) is 6.39. The van der Waals surface area contributed by atoms with Crippen molar-refractivity contribution in [3.05, 3.63) is 18.2 Å². The zero-order valence-corrected chi connectivity index (χ0v) is 10.2. The summed E-state index contributed by atoms with van der Waals surface area (Å²) in [6.45, 7) is 0.760. The van der Waals surface area contributed by atoms with Crippen molar-refractivity contribution in [3.8, 4) is 0 Å². The van der Waals surface area contributed by atoms with Crippen LogP contribution in [-0.2, 0) is 0 Å². The average molecular weight is 246 g/mol. The number of nitrogen functional groups attached to an aromatic ring is 1. The molecular formula is C13H18N4O. The third-order valence-corrected chi connectivity index (χ3v) is 3.66. The molecule has 1 saturated carbocycles. The number of anilines is 2. The molecule has 1 aromatic carbocycles. The Morgan fingerprint density at radius 1 is 1.44 bits per heavy atom. The Kier molecular flexibility index (Phi) is 2.83. The number of aromatic amines is 1. The summed E-state index contributed by atoms with van der Waals surface area (Å²) in [7, 11) is 0. The van der Waals surface area contributed by atoms with Gasteiger partial charge in [0.15, 0.2) is 0 Å². The summed E-state index contributed by atoms with van der Waals surface area (Å²) in [6.07, 6.45) is 2.95. The third-order valence-electron chi connectivity index (χ3n) is 3.66. The van der Waals surface area contributed by atoms with Crippen molar-refractivity contribution in [3.63, 3.8) is 0 Å². The number of aliphatic hydroxyl groups is 1. The van der Waals surface area contributed by atoms with E-state index in [2.05, 4.69) is 15.3 Å². The van der Waals surface area contributed by atoms with Gasteiger partial charge in [-0.1, -0.05) is 6.42 Å². The number of imidazole rings is 1. The lowest BCUT2D eigenvalue weighted by molar-refractivity contribution is 0.138. The number of hydrogen-bond donors (Lipinski definition) is 4. The lowest BCUT2D eigenvalue weighted by Crippen LogP contribution is -2.22. The van der Waals surface area contributed by atoms with Gasteiger partial charge < -0.3 is 21.1 Å². The fourth-order valence-electron chi connectivity index (χ4n) is 2.59. The van der Waals surface area contributed by atoms with Crippen molar-refractivity contribution in [2.75, 3.05) is 17.6 Å². The van der Waals surface area contributed by atoms with Crippen LogP contribution >= 0.6 is 0 Å². The maximum Gasteiger partial charge on any atom is 0.201 e. The number of rotatable bonds is 3. The second-order valence-corrected chi connectivity index (χ2v) is 5.00. The fourth-order valence-corrected chi connectivity index (χ4v) is 2.59. The van der Waals surface area contributed by atoms with E-state index in [1.165, 1.54) is 0 Å². The predicted octanol–water partition coefficient (Wildman–Crippen LogP) is 1.72. The zero-order valence-electron chi connectivity index (χ0n) is 10.2. The van der Waals surface area contributed by atoms with E-state index in [9.17, 15) is 5.11 Å². The number of H-pyrrole nitrogens is 1. The number of aliphatic hydroxyl groups excluding tert-OH is 1. The number of benzene rings is 1. The van der Waals surface area contributed by atoms with Crippen LogP contribution in [0.4, 0.5) is 11.6 Å². The minimum atomic E-state index is -0.169. The van der Waals surface area contributed by atoms with Crippen molar-refractivity contribution >= 4 is 22.7 Å². The maximum atomic E-state index is 9.76. The highest BCUT2D eigenvalue weighted by molar-refractivity contribution is 5.80. The lowest BCUT2D eigenvalue weighted by Gasteiger charge is -2.14. The Morgan fingerprint density at radius 2 is 2.33 bits per heavy atom. The number of fused-ring (bicyclic) bond motifs is 1. The van der Waals surface area contributed by atoms with E-state index < -0.39 is 0 Å². The molecule has 0 radical (unpaired) electrons. The first kappa shape index (κ1) is 11.3. The van der Waals surface area contributed by atoms with E-state index in [-0.39, 0.29) is 6.10 Å². The van der Waals surface area contributed by atoms with E-state index in [0.717, 1.165) is 48.5 Å². The monoisotopic (exact) mass is 246 g/mol. The smallest absolute Gasteiger partial charge is 0.201 e. The number of nitrogens with zero attached hydrogens (tertiary/aromatic N) is 1. The van der Waals surface area contributed by atoms with Gasteiger partial charge >= 0.3 is 0 Å². The number of hydrogen-bond acceptors (Lipinski definition) is 4. The molecule has 1 aromatic heterocycles. The van der Waals surface area contributed by atoms with Gasteiger partial charge in [-0.25, -0.2) is 4.98 Å². The molecule has 0 bridgehead atoms. The molecule has 1 aliphatic rings. The number of nitrogens with two attached hydrogens (primary N) is 1. The van der Waals surface area contributed by atoms with E-state index in [1.54, 1.807) is 0 Å². The third kappa shape index (κ3) is 2.13. The van der Waals surface area contributed by atoms with Gasteiger partial charge in [-0.15, -0.1) is 0 Å². The molecule has 2 aromatic rings. The summed E-state index contributed by atoms with van der Waals surface area (Å²) >= 11 is 0. The van der Waals surface area contributed by atoms with Crippen LogP contribution in [0.15, 0.2) is 18.2 Å².